The molecule has 1 amide bonds. The van der Waals surface area contributed by atoms with Gasteiger partial charge in [-0.1, -0.05) is 30.3 Å². The average Bonchev–Trinajstić information content (AvgIpc) is 2.37. The van der Waals surface area contributed by atoms with Crippen LogP contribution in [-0.4, -0.2) is 29.1 Å². The van der Waals surface area contributed by atoms with Gasteiger partial charge in [-0.05, 0) is 25.8 Å². The molecule has 0 bridgehead atoms. The summed E-state index contributed by atoms with van der Waals surface area (Å²) in [5.74, 6) is -1.11. The fraction of sp³-hybridized carbons (Fsp3) is 0.467. The smallest absolute Gasteiger partial charge is 0.303 e. The third kappa shape index (κ3) is 6.89. The lowest BCUT2D eigenvalue weighted by molar-refractivity contribution is -0.138. The van der Waals surface area contributed by atoms with Crippen LogP contribution in [0.3, 0.4) is 0 Å². The molecule has 0 atom stereocenters. The van der Waals surface area contributed by atoms with E-state index in [-0.39, 0.29) is 18.9 Å². The van der Waals surface area contributed by atoms with Gasteiger partial charge in [-0.3, -0.25) is 9.59 Å². The van der Waals surface area contributed by atoms with Crippen molar-refractivity contribution in [3.05, 3.63) is 35.9 Å². The number of hydrogen-bond acceptors (Lipinski definition) is 3. The molecule has 5 heteroatoms. The zero-order valence-electron chi connectivity index (χ0n) is 11.9. The maximum Gasteiger partial charge on any atom is 0.303 e. The Labute approximate surface area is 118 Å². The monoisotopic (exact) mass is 279 g/mol. The van der Waals surface area contributed by atoms with Crippen LogP contribution in [0.15, 0.2) is 30.3 Å². The summed E-state index contributed by atoms with van der Waals surface area (Å²) in [6.07, 6.45) is 0.408. The van der Waals surface area contributed by atoms with Gasteiger partial charge in [0, 0.05) is 12.0 Å². The molecule has 5 nitrogen and oxygen atoms in total. The van der Waals surface area contributed by atoms with Crippen LogP contribution in [0, 0.1) is 0 Å². The largest absolute Gasteiger partial charge is 0.481 e. The second-order valence-corrected chi connectivity index (χ2v) is 5.30. The van der Waals surface area contributed by atoms with Crippen molar-refractivity contribution in [3.8, 4) is 0 Å². The molecule has 1 rings (SSSR count). The molecule has 0 fully saturated rings. The van der Waals surface area contributed by atoms with Crippen molar-refractivity contribution in [2.75, 3.05) is 6.61 Å². The van der Waals surface area contributed by atoms with E-state index in [1.54, 1.807) is 13.8 Å². The predicted octanol–water partition coefficient (Wildman–Crippen LogP) is 1.96. The summed E-state index contributed by atoms with van der Waals surface area (Å²) in [5, 5.41) is 11.4. The molecule has 0 heterocycles. The van der Waals surface area contributed by atoms with Gasteiger partial charge >= 0.3 is 5.97 Å². The Hall–Kier alpha value is -1.88. The van der Waals surface area contributed by atoms with Gasteiger partial charge < -0.3 is 15.2 Å². The first-order valence-electron chi connectivity index (χ1n) is 6.53. The van der Waals surface area contributed by atoms with E-state index in [4.69, 9.17) is 9.84 Å². The first-order valence-corrected chi connectivity index (χ1v) is 6.53. The van der Waals surface area contributed by atoms with Gasteiger partial charge in [0.05, 0.1) is 6.61 Å². The quantitative estimate of drug-likeness (QED) is 0.762. The Morgan fingerprint density at radius 1 is 1.25 bits per heavy atom. The van der Waals surface area contributed by atoms with Gasteiger partial charge in [0.15, 0.2) is 0 Å². The second-order valence-electron chi connectivity index (χ2n) is 5.30. The van der Waals surface area contributed by atoms with Crippen molar-refractivity contribution >= 4 is 11.9 Å². The number of amides is 1. The summed E-state index contributed by atoms with van der Waals surface area (Å²) < 4.78 is 5.32. The number of hydrogen-bond donors (Lipinski definition) is 2. The molecule has 0 aromatic heterocycles. The summed E-state index contributed by atoms with van der Waals surface area (Å²) in [5.41, 5.74) is 0.455. The van der Waals surface area contributed by atoms with Gasteiger partial charge in [-0.2, -0.15) is 0 Å². The summed E-state index contributed by atoms with van der Waals surface area (Å²) in [4.78, 5) is 22.2. The summed E-state index contributed by atoms with van der Waals surface area (Å²) >= 11 is 0. The lowest BCUT2D eigenvalue weighted by atomic mass is 9.98. The number of aliphatic carboxylic acids is 1. The normalized spacial score (nSPS) is 11.1. The first kappa shape index (κ1) is 16.2. The number of carbonyl (C=O) groups excluding carboxylic acids is 1. The molecule has 0 radical (unpaired) electrons. The minimum atomic E-state index is -0.868. The Morgan fingerprint density at radius 3 is 2.50 bits per heavy atom. The summed E-state index contributed by atoms with van der Waals surface area (Å²) in [6.45, 7) is 3.94. The Balaban J connectivity index is 2.27. The fourth-order valence-corrected chi connectivity index (χ4v) is 1.73. The van der Waals surface area contributed by atoms with E-state index in [9.17, 15) is 9.59 Å². The van der Waals surface area contributed by atoms with Crippen LogP contribution in [0.4, 0.5) is 0 Å². The van der Waals surface area contributed by atoms with Crippen molar-refractivity contribution < 1.29 is 19.4 Å². The minimum absolute atomic E-state index is 0.0259. The number of nitrogens with one attached hydrogen (secondary N) is 1. The standard InChI is InChI=1S/C15H21NO4/c1-15(2,9-8-14(18)19)16-13(17)11-20-10-12-6-4-3-5-7-12/h3-7H,8-11H2,1-2H3,(H,16,17)(H,18,19). The van der Waals surface area contributed by atoms with E-state index in [2.05, 4.69) is 5.32 Å². The lowest BCUT2D eigenvalue weighted by Crippen LogP contribution is -2.45. The number of carboxylic acids is 1. The van der Waals surface area contributed by atoms with E-state index in [1.807, 2.05) is 30.3 Å². The maximum atomic E-state index is 11.7. The fourth-order valence-electron chi connectivity index (χ4n) is 1.73. The van der Waals surface area contributed by atoms with Crippen LogP contribution in [0.1, 0.15) is 32.3 Å². The highest BCUT2D eigenvalue weighted by atomic mass is 16.5. The zero-order valence-corrected chi connectivity index (χ0v) is 11.9. The highest BCUT2D eigenvalue weighted by molar-refractivity contribution is 5.78. The van der Waals surface area contributed by atoms with Gasteiger partial charge in [0.2, 0.25) is 5.91 Å². The van der Waals surface area contributed by atoms with Crippen molar-refractivity contribution in [2.45, 2.75) is 38.8 Å². The van der Waals surface area contributed by atoms with Crippen LogP contribution in [0.2, 0.25) is 0 Å². The van der Waals surface area contributed by atoms with Crippen molar-refractivity contribution in [3.63, 3.8) is 0 Å². The van der Waals surface area contributed by atoms with Crippen LogP contribution < -0.4 is 5.32 Å². The molecule has 0 saturated heterocycles. The Morgan fingerprint density at radius 2 is 1.90 bits per heavy atom. The molecule has 0 aliphatic carbocycles. The Kier molecular flexibility index (Phi) is 6.18. The second kappa shape index (κ2) is 7.65. The number of ether oxygens (including phenoxy) is 1. The molecule has 0 unspecified atom stereocenters. The highest BCUT2D eigenvalue weighted by Crippen LogP contribution is 2.11. The molecule has 0 saturated carbocycles. The van der Waals surface area contributed by atoms with Crippen molar-refractivity contribution in [1.29, 1.82) is 0 Å². The zero-order chi connectivity index (χ0) is 15.0. The van der Waals surface area contributed by atoms with E-state index in [0.29, 0.717) is 13.0 Å². The number of rotatable bonds is 8. The van der Waals surface area contributed by atoms with Crippen LogP contribution >= 0.6 is 0 Å². The van der Waals surface area contributed by atoms with Gasteiger partial charge in [0.25, 0.3) is 0 Å². The molecular formula is C15H21NO4. The van der Waals surface area contributed by atoms with E-state index in [0.717, 1.165) is 5.56 Å². The third-order valence-corrected chi connectivity index (χ3v) is 2.79. The molecular weight excluding hydrogens is 258 g/mol. The predicted molar refractivity (Wildman–Crippen MR) is 75.2 cm³/mol. The molecule has 20 heavy (non-hydrogen) atoms. The number of carbonyl (C=O) groups is 2. The first-order chi connectivity index (χ1) is 9.39. The summed E-state index contributed by atoms with van der Waals surface area (Å²) in [7, 11) is 0. The molecule has 0 aliphatic rings. The van der Waals surface area contributed by atoms with Crippen LogP contribution in [0.5, 0.6) is 0 Å². The number of carboxylic acid groups (broad SMARTS) is 1. The van der Waals surface area contributed by atoms with Crippen LogP contribution in [0.25, 0.3) is 0 Å². The third-order valence-electron chi connectivity index (χ3n) is 2.79. The van der Waals surface area contributed by atoms with Gasteiger partial charge in [-0.15, -0.1) is 0 Å². The van der Waals surface area contributed by atoms with E-state index < -0.39 is 11.5 Å². The van der Waals surface area contributed by atoms with E-state index in [1.165, 1.54) is 0 Å². The topological polar surface area (TPSA) is 75.6 Å². The Bertz CT molecular complexity index is 442. The molecule has 1 aromatic carbocycles. The van der Waals surface area contributed by atoms with Crippen LogP contribution in [-0.2, 0) is 20.9 Å². The molecule has 110 valence electrons. The highest BCUT2D eigenvalue weighted by Gasteiger charge is 2.21. The van der Waals surface area contributed by atoms with E-state index >= 15 is 0 Å². The summed E-state index contributed by atoms with van der Waals surface area (Å²) in [6, 6.07) is 9.59. The molecule has 2 N–H and O–H groups in total. The van der Waals surface area contributed by atoms with Gasteiger partial charge in [-0.25, -0.2) is 0 Å². The molecule has 1 aromatic rings. The van der Waals surface area contributed by atoms with Gasteiger partial charge in [0.1, 0.15) is 6.61 Å². The van der Waals surface area contributed by atoms with Crippen molar-refractivity contribution in [1.82, 2.24) is 5.32 Å². The SMILES string of the molecule is CC(C)(CCC(=O)O)NC(=O)COCc1ccccc1. The minimum Gasteiger partial charge on any atom is -0.481 e. The average molecular weight is 279 g/mol. The number of benzene rings is 1. The lowest BCUT2D eigenvalue weighted by Gasteiger charge is -2.25. The maximum absolute atomic E-state index is 11.7. The van der Waals surface area contributed by atoms with Crippen molar-refractivity contribution in [2.24, 2.45) is 0 Å². The molecule has 0 spiro atoms. The molecule has 0 aliphatic heterocycles.